The Bertz CT molecular complexity index is 390. The molecule has 2 amide bonds. The summed E-state index contributed by atoms with van der Waals surface area (Å²) in [7, 11) is 0. The molecule has 1 aromatic rings. The first-order valence-electron chi connectivity index (χ1n) is 6.68. The van der Waals surface area contributed by atoms with E-state index in [-0.39, 0.29) is 19.1 Å². The highest BCUT2D eigenvalue weighted by Gasteiger charge is 2.09. The number of carbonyl (C=O) groups is 1. The maximum absolute atomic E-state index is 11.5. The predicted octanol–water partition coefficient (Wildman–Crippen LogP) is 1.76. The van der Waals surface area contributed by atoms with Crippen LogP contribution in [0.3, 0.4) is 0 Å². The Hall–Kier alpha value is -1.56. The summed E-state index contributed by atoms with van der Waals surface area (Å²) in [6, 6.07) is 1.51. The van der Waals surface area contributed by atoms with Gasteiger partial charge >= 0.3 is 6.03 Å². The summed E-state index contributed by atoms with van der Waals surface area (Å²) in [5, 5.41) is 18.6. The summed E-state index contributed by atoms with van der Waals surface area (Å²) in [6.45, 7) is 6.58. The molecule has 6 heteroatoms. The standard InChI is InChI=1S/C13H23N3O3/c1-4-5-10(17)7-14-13(18)15-8-11-6-12(9(2)3)16-19-11/h6,9-10,17H,4-5,7-8H2,1-3H3,(H2,14,15,18). The Morgan fingerprint density at radius 3 is 2.79 bits per heavy atom. The van der Waals surface area contributed by atoms with E-state index in [0.29, 0.717) is 18.1 Å². The molecule has 0 fully saturated rings. The third-order valence-electron chi connectivity index (χ3n) is 2.71. The van der Waals surface area contributed by atoms with Crippen LogP contribution in [0.25, 0.3) is 0 Å². The van der Waals surface area contributed by atoms with Crippen LogP contribution in [0.2, 0.25) is 0 Å². The maximum Gasteiger partial charge on any atom is 0.315 e. The van der Waals surface area contributed by atoms with Gasteiger partial charge < -0.3 is 20.3 Å². The van der Waals surface area contributed by atoms with Crippen molar-refractivity contribution in [1.29, 1.82) is 0 Å². The highest BCUT2D eigenvalue weighted by Crippen LogP contribution is 2.13. The first kappa shape index (κ1) is 15.5. The molecule has 0 spiro atoms. The molecule has 1 aromatic heterocycles. The molecule has 108 valence electrons. The van der Waals surface area contributed by atoms with E-state index in [1.165, 1.54) is 0 Å². The van der Waals surface area contributed by atoms with Gasteiger partial charge in [0.2, 0.25) is 0 Å². The second-order valence-electron chi connectivity index (χ2n) is 4.88. The van der Waals surface area contributed by atoms with E-state index in [1.807, 2.05) is 26.8 Å². The molecule has 3 N–H and O–H groups in total. The van der Waals surface area contributed by atoms with Crippen LogP contribution in [-0.4, -0.2) is 28.9 Å². The normalized spacial score (nSPS) is 12.5. The number of rotatable bonds is 7. The lowest BCUT2D eigenvalue weighted by Crippen LogP contribution is -2.39. The van der Waals surface area contributed by atoms with E-state index < -0.39 is 6.10 Å². The van der Waals surface area contributed by atoms with Crippen LogP contribution in [0.5, 0.6) is 0 Å². The van der Waals surface area contributed by atoms with Gasteiger partial charge in [-0.1, -0.05) is 32.3 Å². The number of hydrogen-bond donors (Lipinski definition) is 3. The van der Waals surface area contributed by atoms with Crippen LogP contribution >= 0.6 is 0 Å². The van der Waals surface area contributed by atoms with Gasteiger partial charge in [-0.15, -0.1) is 0 Å². The number of nitrogens with zero attached hydrogens (tertiary/aromatic N) is 1. The molecule has 19 heavy (non-hydrogen) atoms. The summed E-state index contributed by atoms with van der Waals surface area (Å²) in [6.07, 6.45) is 1.08. The van der Waals surface area contributed by atoms with Crippen molar-refractivity contribution in [1.82, 2.24) is 15.8 Å². The lowest BCUT2D eigenvalue weighted by Gasteiger charge is -2.10. The van der Waals surface area contributed by atoms with E-state index >= 15 is 0 Å². The molecule has 0 saturated carbocycles. The molecule has 0 bridgehead atoms. The van der Waals surface area contributed by atoms with Crippen molar-refractivity contribution in [3.8, 4) is 0 Å². The highest BCUT2D eigenvalue weighted by molar-refractivity contribution is 5.73. The van der Waals surface area contributed by atoms with Crippen LogP contribution in [-0.2, 0) is 6.54 Å². The van der Waals surface area contributed by atoms with Crippen molar-refractivity contribution in [2.75, 3.05) is 6.54 Å². The fourth-order valence-corrected chi connectivity index (χ4v) is 1.56. The Morgan fingerprint density at radius 2 is 2.21 bits per heavy atom. The molecule has 6 nitrogen and oxygen atoms in total. The van der Waals surface area contributed by atoms with E-state index in [4.69, 9.17) is 4.52 Å². The van der Waals surface area contributed by atoms with E-state index in [1.54, 1.807) is 0 Å². The molecule has 0 aliphatic carbocycles. The van der Waals surface area contributed by atoms with E-state index in [0.717, 1.165) is 12.1 Å². The van der Waals surface area contributed by atoms with Crippen molar-refractivity contribution >= 4 is 6.03 Å². The molecule has 0 aromatic carbocycles. The van der Waals surface area contributed by atoms with Crippen LogP contribution in [0.1, 0.15) is 51.0 Å². The Kier molecular flexibility index (Phi) is 6.35. The van der Waals surface area contributed by atoms with Crippen LogP contribution < -0.4 is 10.6 Å². The molecule has 1 rings (SSSR count). The smallest absolute Gasteiger partial charge is 0.315 e. The minimum Gasteiger partial charge on any atom is -0.391 e. The predicted molar refractivity (Wildman–Crippen MR) is 71.7 cm³/mol. The second kappa shape index (κ2) is 7.78. The number of carbonyl (C=O) groups excluding carboxylic acids is 1. The van der Waals surface area contributed by atoms with Crippen LogP contribution in [0.15, 0.2) is 10.6 Å². The van der Waals surface area contributed by atoms with Gasteiger partial charge in [0.1, 0.15) is 0 Å². The molecule has 0 aliphatic rings. The minimum absolute atomic E-state index is 0.257. The number of urea groups is 1. The summed E-state index contributed by atoms with van der Waals surface area (Å²) in [4.78, 5) is 11.5. The zero-order chi connectivity index (χ0) is 14.3. The number of aromatic nitrogens is 1. The second-order valence-corrected chi connectivity index (χ2v) is 4.88. The highest BCUT2D eigenvalue weighted by atomic mass is 16.5. The molecule has 1 heterocycles. The molecule has 1 unspecified atom stereocenters. The number of aliphatic hydroxyl groups is 1. The summed E-state index contributed by atoms with van der Waals surface area (Å²) >= 11 is 0. The number of nitrogens with one attached hydrogen (secondary N) is 2. The van der Waals surface area contributed by atoms with Gasteiger partial charge in [-0.2, -0.15) is 0 Å². The van der Waals surface area contributed by atoms with Crippen molar-refractivity contribution in [2.45, 2.75) is 52.2 Å². The van der Waals surface area contributed by atoms with Gasteiger partial charge in [-0.05, 0) is 12.3 Å². The molecular formula is C13H23N3O3. The van der Waals surface area contributed by atoms with Crippen molar-refractivity contribution in [2.24, 2.45) is 0 Å². The van der Waals surface area contributed by atoms with Gasteiger partial charge in [0.05, 0.1) is 18.3 Å². The van der Waals surface area contributed by atoms with E-state index in [2.05, 4.69) is 15.8 Å². The van der Waals surface area contributed by atoms with Gasteiger partial charge in [-0.3, -0.25) is 0 Å². The van der Waals surface area contributed by atoms with Gasteiger partial charge in [-0.25, -0.2) is 4.79 Å². The zero-order valence-electron chi connectivity index (χ0n) is 11.8. The van der Waals surface area contributed by atoms with Gasteiger partial charge in [0.15, 0.2) is 5.76 Å². The first-order chi connectivity index (χ1) is 9.02. The lowest BCUT2D eigenvalue weighted by atomic mass is 10.1. The summed E-state index contributed by atoms with van der Waals surface area (Å²) < 4.78 is 5.10. The largest absolute Gasteiger partial charge is 0.391 e. The average molecular weight is 269 g/mol. The topological polar surface area (TPSA) is 87.4 Å². The molecule has 1 atom stereocenters. The van der Waals surface area contributed by atoms with Crippen molar-refractivity contribution < 1.29 is 14.4 Å². The Labute approximate surface area is 113 Å². The zero-order valence-corrected chi connectivity index (χ0v) is 11.8. The fraction of sp³-hybridized carbons (Fsp3) is 0.692. The van der Waals surface area contributed by atoms with Gasteiger partial charge in [0.25, 0.3) is 0 Å². The SMILES string of the molecule is CCCC(O)CNC(=O)NCc1cc(C(C)C)no1. The van der Waals surface area contributed by atoms with Crippen molar-refractivity contribution in [3.05, 3.63) is 17.5 Å². The fourth-order valence-electron chi connectivity index (χ4n) is 1.56. The third-order valence-corrected chi connectivity index (χ3v) is 2.71. The Balaban J connectivity index is 2.25. The van der Waals surface area contributed by atoms with E-state index in [9.17, 15) is 9.90 Å². The quantitative estimate of drug-likeness (QED) is 0.704. The van der Waals surface area contributed by atoms with Crippen molar-refractivity contribution in [3.63, 3.8) is 0 Å². The summed E-state index contributed by atoms with van der Waals surface area (Å²) in [5.74, 6) is 0.920. The third kappa shape index (κ3) is 5.74. The molecule has 0 saturated heterocycles. The number of aliphatic hydroxyl groups excluding tert-OH is 1. The summed E-state index contributed by atoms with van der Waals surface area (Å²) in [5.41, 5.74) is 0.871. The molecule has 0 aliphatic heterocycles. The molecular weight excluding hydrogens is 246 g/mol. The van der Waals surface area contributed by atoms with Crippen LogP contribution in [0, 0.1) is 0 Å². The minimum atomic E-state index is -0.492. The maximum atomic E-state index is 11.5. The first-order valence-corrected chi connectivity index (χ1v) is 6.68. The van der Waals surface area contributed by atoms with Crippen LogP contribution in [0.4, 0.5) is 4.79 Å². The monoisotopic (exact) mass is 269 g/mol. The number of hydrogen-bond acceptors (Lipinski definition) is 4. The van der Waals surface area contributed by atoms with Gasteiger partial charge in [0, 0.05) is 12.6 Å². The average Bonchev–Trinajstić information content (AvgIpc) is 2.83. The molecule has 0 radical (unpaired) electrons. The lowest BCUT2D eigenvalue weighted by molar-refractivity contribution is 0.160. The Morgan fingerprint density at radius 1 is 1.47 bits per heavy atom. The number of amides is 2.